The lowest BCUT2D eigenvalue weighted by Crippen LogP contribution is -2.21. The molecule has 1 saturated carbocycles. The average molecular weight is 278 g/mol. The highest BCUT2D eigenvalue weighted by Gasteiger charge is 2.34. The number of nitrogens with zero attached hydrogens (tertiary/aromatic N) is 6. The first kappa shape index (κ1) is 13.3. The number of hydrogen-bond acceptors (Lipinski definition) is 5. The SMILES string of the molecule is N#Cc1cccnc1-c1cn(CC2(C#N)CCCC2)nn1. The molecule has 0 unspecified atom stereocenters. The molecule has 0 N–H and O–H groups in total. The van der Waals surface area contributed by atoms with Crippen LogP contribution in [0.15, 0.2) is 24.5 Å². The van der Waals surface area contributed by atoms with Crippen molar-refractivity contribution in [1.29, 1.82) is 10.5 Å². The summed E-state index contributed by atoms with van der Waals surface area (Å²) in [6, 6.07) is 7.97. The van der Waals surface area contributed by atoms with Crippen LogP contribution in [0.3, 0.4) is 0 Å². The Labute approximate surface area is 122 Å². The van der Waals surface area contributed by atoms with Gasteiger partial charge in [0.15, 0.2) is 0 Å². The van der Waals surface area contributed by atoms with Crippen molar-refractivity contribution in [2.24, 2.45) is 5.41 Å². The Bertz CT molecular complexity index is 727. The Balaban J connectivity index is 1.87. The molecule has 0 amide bonds. The number of hydrogen-bond donors (Lipinski definition) is 0. The first-order chi connectivity index (χ1) is 10.3. The summed E-state index contributed by atoms with van der Waals surface area (Å²) in [4.78, 5) is 4.20. The van der Waals surface area contributed by atoms with Crippen LogP contribution in [0.2, 0.25) is 0 Å². The van der Waals surface area contributed by atoms with Gasteiger partial charge in [0.2, 0.25) is 0 Å². The van der Waals surface area contributed by atoms with E-state index in [9.17, 15) is 5.26 Å². The molecule has 1 aliphatic rings. The lowest BCUT2D eigenvalue weighted by molar-refractivity contribution is 0.322. The summed E-state index contributed by atoms with van der Waals surface area (Å²) in [7, 11) is 0. The van der Waals surface area contributed by atoms with Crippen molar-refractivity contribution < 1.29 is 0 Å². The minimum Gasteiger partial charge on any atom is -0.253 e. The van der Waals surface area contributed by atoms with Crippen molar-refractivity contribution in [1.82, 2.24) is 20.0 Å². The van der Waals surface area contributed by atoms with Crippen LogP contribution in [0.5, 0.6) is 0 Å². The van der Waals surface area contributed by atoms with Crippen molar-refractivity contribution in [3.8, 4) is 23.5 Å². The van der Waals surface area contributed by atoms with Gasteiger partial charge >= 0.3 is 0 Å². The molecule has 104 valence electrons. The molecule has 0 aromatic carbocycles. The van der Waals surface area contributed by atoms with Gasteiger partial charge in [-0.2, -0.15) is 10.5 Å². The predicted octanol–water partition coefficient (Wildman–Crippen LogP) is 2.30. The van der Waals surface area contributed by atoms with Gasteiger partial charge in [0.25, 0.3) is 0 Å². The van der Waals surface area contributed by atoms with E-state index in [4.69, 9.17) is 5.26 Å². The van der Waals surface area contributed by atoms with Crippen molar-refractivity contribution >= 4 is 0 Å². The fraction of sp³-hybridized carbons (Fsp3) is 0.400. The summed E-state index contributed by atoms with van der Waals surface area (Å²) < 4.78 is 1.69. The first-order valence-electron chi connectivity index (χ1n) is 6.93. The Morgan fingerprint density at radius 3 is 2.81 bits per heavy atom. The molecular formula is C15H14N6. The van der Waals surface area contributed by atoms with E-state index in [-0.39, 0.29) is 5.41 Å². The fourth-order valence-corrected chi connectivity index (χ4v) is 2.85. The molecule has 0 bridgehead atoms. The molecule has 2 aromatic heterocycles. The molecule has 6 heteroatoms. The first-order valence-corrected chi connectivity index (χ1v) is 6.93. The minimum absolute atomic E-state index is 0.326. The molecule has 6 nitrogen and oxygen atoms in total. The van der Waals surface area contributed by atoms with Gasteiger partial charge in [0.05, 0.1) is 29.8 Å². The van der Waals surface area contributed by atoms with E-state index in [2.05, 4.69) is 27.4 Å². The summed E-state index contributed by atoms with van der Waals surface area (Å²) in [6.07, 6.45) is 7.39. The van der Waals surface area contributed by atoms with Crippen molar-refractivity contribution in [3.63, 3.8) is 0 Å². The van der Waals surface area contributed by atoms with Gasteiger partial charge in [-0.1, -0.05) is 18.1 Å². The molecule has 1 fully saturated rings. The summed E-state index contributed by atoms with van der Waals surface area (Å²) in [5.41, 5.74) is 1.25. The smallest absolute Gasteiger partial charge is 0.132 e. The summed E-state index contributed by atoms with van der Waals surface area (Å²) >= 11 is 0. The number of rotatable bonds is 3. The second-order valence-corrected chi connectivity index (χ2v) is 5.41. The van der Waals surface area contributed by atoms with Crippen LogP contribution in [-0.4, -0.2) is 20.0 Å². The standard InChI is InChI=1S/C15H14N6/c16-8-12-4-3-7-18-14(12)13-9-21(20-19-13)11-15(10-17)5-1-2-6-15/h3-4,7,9H,1-2,5-6,11H2. The van der Waals surface area contributed by atoms with Crippen LogP contribution >= 0.6 is 0 Å². The minimum atomic E-state index is -0.326. The van der Waals surface area contributed by atoms with E-state index < -0.39 is 0 Å². The number of nitriles is 2. The zero-order valence-electron chi connectivity index (χ0n) is 11.5. The van der Waals surface area contributed by atoms with Crippen LogP contribution in [0, 0.1) is 28.1 Å². The maximum Gasteiger partial charge on any atom is 0.132 e. The van der Waals surface area contributed by atoms with E-state index in [1.165, 1.54) is 0 Å². The van der Waals surface area contributed by atoms with Crippen LogP contribution < -0.4 is 0 Å². The highest BCUT2D eigenvalue weighted by Crippen LogP contribution is 2.38. The van der Waals surface area contributed by atoms with E-state index in [1.807, 2.05) is 0 Å². The topological polar surface area (TPSA) is 91.2 Å². The van der Waals surface area contributed by atoms with Gasteiger partial charge in [0.1, 0.15) is 17.5 Å². The molecule has 0 radical (unpaired) electrons. The van der Waals surface area contributed by atoms with Gasteiger partial charge in [-0.15, -0.1) is 5.10 Å². The molecule has 3 rings (SSSR count). The highest BCUT2D eigenvalue weighted by molar-refractivity contribution is 5.61. The van der Waals surface area contributed by atoms with E-state index in [0.717, 1.165) is 25.7 Å². The zero-order valence-corrected chi connectivity index (χ0v) is 11.5. The summed E-state index contributed by atoms with van der Waals surface area (Å²) in [6.45, 7) is 0.547. The second kappa shape index (κ2) is 5.34. The highest BCUT2D eigenvalue weighted by atomic mass is 15.4. The molecule has 0 spiro atoms. The maximum atomic E-state index is 9.42. The van der Waals surface area contributed by atoms with Crippen LogP contribution in [0.1, 0.15) is 31.2 Å². The Morgan fingerprint density at radius 2 is 2.10 bits per heavy atom. The molecule has 1 aliphatic carbocycles. The third-order valence-corrected chi connectivity index (χ3v) is 3.97. The van der Waals surface area contributed by atoms with Gasteiger partial charge < -0.3 is 0 Å². The Hall–Kier alpha value is -2.73. The van der Waals surface area contributed by atoms with Gasteiger partial charge in [0, 0.05) is 6.20 Å². The van der Waals surface area contributed by atoms with E-state index >= 15 is 0 Å². The molecule has 0 aliphatic heterocycles. The third kappa shape index (κ3) is 2.48. The quantitative estimate of drug-likeness (QED) is 0.859. The summed E-state index contributed by atoms with van der Waals surface area (Å²) in [5.74, 6) is 0. The van der Waals surface area contributed by atoms with Crippen molar-refractivity contribution in [2.45, 2.75) is 32.2 Å². The van der Waals surface area contributed by atoms with Crippen LogP contribution in [0.25, 0.3) is 11.4 Å². The van der Waals surface area contributed by atoms with Gasteiger partial charge in [-0.3, -0.25) is 9.67 Å². The number of aromatic nitrogens is 4. The van der Waals surface area contributed by atoms with Gasteiger partial charge in [-0.05, 0) is 25.0 Å². The van der Waals surface area contributed by atoms with Crippen LogP contribution in [0.4, 0.5) is 0 Å². The lowest BCUT2D eigenvalue weighted by atomic mass is 9.88. The molecule has 2 aromatic rings. The Kier molecular flexibility index (Phi) is 3.37. The predicted molar refractivity (Wildman–Crippen MR) is 74.5 cm³/mol. The monoisotopic (exact) mass is 278 g/mol. The fourth-order valence-electron chi connectivity index (χ4n) is 2.85. The van der Waals surface area contributed by atoms with E-state index in [0.29, 0.717) is 23.5 Å². The molecular weight excluding hydrogens is 264 g/mol. The second-order valence-electron chi connectivity index (χ2n) is 5.41. The number of pyridine rings is 1. The average Bonchev–Trinajstić information content (AvgIpc) is 3.18. The zero-order chi connectivity index (χ0) is 14.7. The van der Waals surface area contributed by atoms with Gasteiger partial charge in [-0.25, -0.2) is 0 Å². The molecule has 0 atom stereocenters. The third-order valence-electron chi connectivity index (χ3n) is 3.97. The molecule has 2 heterocycles. The molecule has 0 saturated heterocycles. The molecule has 21 heavy (non-hydrogen) atoms. The Morgan fingerprint density at radius 1 is 1.29 bits per heavy atom. The lowest BCUT2D eigenvalue weighted by Gasteiger charge is -2.18. The van der Waals surface area contributed by atoms with Crippen molar-refractivity contribution in [3.05, 3.63) is 30.1 Å². The van der Waals surface area contributed by atoms with Crippen molar-refractivity contribution in [2.75, 3.05) is 0 Å². The van der Waals surface area contributed by atoms with Crippen LogP contribution in [-0.2, 0) is 6.54 Å². The van der Waals surface area contributed by atoms with E-state index in [1.54, 1.807) is 29.2 Å². The largest absolute Gasteiger partial charge is 0.253 e. The maximum absolute atomic E-state index is 9.42. The normalized spacial score (nSPS) is 16.3. The summed E-state index contributed by atoms with van der Waals surface area (Å²) in [5, 5.41) is 26.7.